The van der Waals surface area contributed by atoms with Gasteiger partial charge in [0.25, 0.3) is 0 Å². The smallest absolute Gasteiger partial charge is 0.224 e. The van der Waals surface area contributed by atoms with E-state index < -0.39 is 0 Å². The van der Waals surface area contributed by atoms with Crippen LogP contribution in [-0.2, 0) is 22.7 Å². The number of amides is 1. The van der Waals surface area contributed by atoms with Crippen LogP contribution in [0.3, 0.4) is 0 Å². The van der Waals surface area contributed by atoms with Gasteiger partial charge in [-0.05, 0) is 18.6 Å². The monoisotopic (exact) mass is 352 g/mol. The predicted molar refractivity (Wildman–Crippen MR) is 93.2 cm³/mol. The average molecular weight is 352 g/mol. The van der Waals surface area contributed by atoms with Crippen LogP contribution in [0.2, 0.25) is 0 Å². The quantitative estimate of drug-likeness (QED) is 0.712. The molecule has 0 N–H and O–H groups in total. The van der Waals surface area contributed by atoms with Gasteiger partial charge in [0, 0.05) is 26.1 Å². The Morgan fingerprint density at radius 3 is 3.19 bits per heavy atom. The first-order chi connectivity index (χ1) is 12.8. The van der Waals surface area contributed by atoms with E-state index in [2.05, 4.69) is 15.3 Å². The second-order valence-corrected chi connectivity index (χ2v) is 6.89. The molecule has 0 saturated carbocycles. The number of hydrogen-bond donors (Lipinski definition) is 0. The van der Waals surface area contributed by atoms with Crippen molar-refractivity contribution in [3.05, 3.63) is 42.5 Å². The van der Waals surface area contributed by atoms with Gasteiger partial charge in [-0.1, -0.05) is 17.3 Å². The fourth-order valence-corrected chi connectivity index (χ4v) is 3.98. The number of carbonyl (C=O) groups is 1. The zero-order valence-electron chi connectivity index (χ0n) is 14.4. The summed E-state index contributed by atoms with van der Waals surface area (Å²) < 4.78 is 9.95. The van der Waals surface area contributed by atoms with E-state index in [1.54, 1.807) is 12.5 Å². The molecule has 2 aliphatic rings. The molecule has 0 bridgehead atoms. The minimum Gasteiger partial charge on any atom is -0.368 e. The third-order valence-electron chi connectivity index (χ3n) is 5.38. The van der Waals surface area contributed by atoms with Gasteiger partial charge in [0.2, 0.25) is 5.91 Å². The van der Waals surface area contributed by atoms with Crippen LogP contribution in [0, 0.1) is 0 Å². The normalized spacial score (nSPS) is 22.2. The summed E-state index contributed by atoms with van der Waals surface area (Å²) in [6.07, 6.45) is 4.87. The maximum atomic E-state index is 12.7. The van der Waals surface area contributed by atoms with Gasteiger partial charge in [-0.2, -0.15) is 0 Å². The molecule has 2 atom stereocenters. The van der Waals surface area contributed by atoms with Crippen LogP contribution in [0.25, 0.3) is 11.0 Å². The molecule has 26 heavy (non-hydrogen) atoms. The molecule has 2 aromatic heterocycles. The molecule has 134 valence electrons. The highest BCUT2D eigenvalue weighted by atomic mass is 16.5. The van der Waals surface area contributed by atoms with E-state index >= 15 is 0 Å². The number of piperidine rings is 1. The third-order valence-corrected chi connectivity index (χ3v) is 5.38. The minimum atomic E-state index is -0.00373. The van der Waals surface area contributed by atoms with Gasteiger partial charge in [-0.25, -0.2) is 9.67 Å². The molecule has 1 amide bonds. The summed E-state index contributed by atoms with van der Waals surface area (Å²) in [5, 5.41) is 8.16. The average Bonchev–Trinajstić information content (AvgIpc) is 3.32. The zero-order valence-corrected chi connectivity index (χ0v) is 14.4. The zero-order chi connectivity index (χ0) is 17.5. The number of hydrogen-bond acceptors (Lipinski definition) is 5. The molecule has 0 unspecified atom stereocenters. The van der Waals surface area contributed by atoms with Gasteiger partial charge in [0.05, 0.1) is 48.0 Å². The topological polar surface area (TPSA) is 78.1 Å². The first kappa shape index (κ1) is 15.5. The molecule has 8 nitrogen and oxygen atoms in total. The van der Waals surface area contributed by atoms with Gasteiger partial charge in [-0.15, -0.1) is 5.10 Å². The second kappa shape index (κ2) is 6.21. The maximum absolute atomic E-state index is 12.7. The molecule has 0 radical (unpaired) electrons. The largest absolute Gasteiger partial charge is 0.368 e. The summed E-state index contributed by atoms with van der Waals surface area (Å²) in [7, 11) is 0. The molecule has 0 aliphatic carbocycles. The summed E-state index contributed by atoms with van der Waals surface area (Å²) in [5.74, 6) is 0.161. The van der Waals surface area contributed by atoms with Crippen molar-refractivity contribution in [2.45, 2.75) is 38.1 Å². The lowest BCUT2D eigenvalue weighted by atomic mass is 10.00. The van der Waals surface area contributed by atoms with Crippen molar-refractivity contribution in [3.8, 4) is 0 Å². The van der Waals surface area contributed by atoms with E-state index in [4.69, 9.17) is 4.74 Å². The molecule has 4 heterocycles. The number of fused-ring (bicyclic) bond motifs is 4. The molecule has 0 spiro atoms. The molecular weight excluding hydrogens is 332 g/mol. The van der Waals surface area contributed by atoms with Crippen LogP contribution in [0.4, 0.5) is 0 Å². The Balaban J connectivity index is 1.23. The fourth-order valence-electron chi connectivity index (χ4n) is 3.98. The van der Waals surface area contributed by atoms with E-state index in [1.165, 1.54) is 0 Å². The molecule has 2 aliphatic heterocycles. The lowest BCUT2D eigenvalue weighted by molar-refractivity contribution is -0.139. The Bertz CT molecular complexity index is 948. The molecule has 1 fully saturated rings. The van der Waals surface area contributed by atoms with Crippen molar-refractivity contribution in [3.63, 3.8) is 0 Å². The lowest BCUT2D eigenvalue weighted by Crippen LogP contribution is -2.50. The first-order valence-corrected chi connectivity index (χ1v) is 8.98. The van der Waals surface area contributed by atoms with Crippen molar-refractivity contribution in [2.24, 2.45) is 0 Å². The standard InChI is InChI=1S/C18H20N6O2/c25-18(6-8-23-12-19-14-3-1-2-4-15(14)23)22-7-5-16-17(10-22)26-11-13-9-20-21-24(13)16/h1-4,9,12,16-17H,5-8,10-11H2/t16-,17-/m0/s1. The van der Waals surface area contributed by atoms with E-state index in [1.807, 2.05) is 38.4 Å². The number of nitrogens with zero attached hydrogens (tertiary/aromatic N) is 6. The van der Waals surface area contributed by atoms with Gasteiger partial charge >= 0.3 is 0 Å². The van der Waals surface area contributed by atoms with Crippen molar-refractivity contribution in [1.29, 1.82) is 0 Å². The lowest BCUT2D eigenvalue weighted by Gasteiger charge is -2.41. The Labute approximate surface area is 150 Å². The summed E-state index contributed by atoms with van der Waals surface area (Å²) in [6.45, 7) is 2.50. The highest BCUT2D eigenvalue weighted by Crippen LogP contribution is 2.30. The van der Waals surface area contributed by atoms with E-state index in [9.17, 15) is 4.79 Å². The predicted octanol–water partition coefficient (Wildman–Crippen LogP) is 1.39. The number of para-hydroxylation sites is 2. The first-order valence-electron chi connectivity index (χ1n) is 8.98. The maximum Gasteiger partial charge on any atom is 0.224 e. The minimum absolute atomic E-state index is 0.00373. The van der Waals surface area contributed by atoms with Gasteiger partial charge in [0.1, 0.15) is 0 Å². The van der Waals surface area contributed by atoms with Crippen molar-refractivity contribution >= 4 is 16.9 Å². The number of imidazole rings is 1. The van der Waals surface area contributed by atoms with Crippen LogP contribution in [0.15, 0.2) is 36.8 Å². The Hall–Kier alpha value is -2.74. The van der Waals surface area contributed by atoms with Crippen LogP contribution in [-0.4, -0.2) is 54.5 Å². The number of likely N-dealkylation sites (tertiary alicyclic amines) is 1. The van der Waals surface area contributed by atoms with Crippen molar-refractivity contribution in [1.82, 2.24) is 29.4 Å². The Kier molecular flexibility index (Phi) is 3.70. The van der Waals surface area contributed by atoms with E-state index in [-0.39, 0.29) is 18.1 Å². The third kappa shape index (κ3) is 2.57. The fraction of sp³-hybridized carbons (Fsp3) is 0.444. The molecule has 5 rings (SSSR count). The van der Waals surface area contributed by atoms with Gasteiger partial charge in [0.15, 0.2) is 0 Å². The van der Waals surface area contributed by atoms with Crippen molar-refractivity contribution < 1.29 is 9.53 Å². The van der Waals surface area contributed by atoms with Crippen LogP contribution < -0.4 is 0 Å². The van der Waals surface area contributed by atoms with Crippen LogP contribution in [0.1, 0.15) is 24.6 Å². The summed E-state index contributed by atoms with van der Waals surface area (Å²) in [5.41, 5.74) is 3.03. The number of carbonyl (C=O) groups excluding carboxylic acids is 1. The van der Waals surface area contributed by atoms with Crippen LogP contribution in [0.5, 0.6) is 0 Å². The summed E-state index contributed by atoms with van der Waals surface area (Å²) in [4.78, 5) is 19.0. The molecule has 8 heteroatoms. The van der Waals surface area contributed by atoms with Crippen molar-refractivity contribution in [2.75, 3.05) is 13.1 Å². The SMILES string of the molecule is O=C(CCn1cnc2ccccc21)N1CC[C@H]2[C@H](C1)OCc1cnnn12. The highest BCUT2D eigenvalue weighted by molar-refractivity contribution is 5.77. The molecular formula is C18H20N6O2. The number of rotatable bonds is 3. The Morgan fingerprint density at radius 2 is 2.23 bits per heavy atom. The van der Waals surface area contributed by atoms with E-state index in [0.717, 1.165) is 29.7 Å². The molecule has 3 aromatic rings. The number of benzene rings is 1. The van der Waals surface area contributed by atoms with E-state index in [0.29, 0.717) is 26.1 Å². The number of aromatic nitrogens is 5. The van der Waals surface area contributed by atoms with Gasteiger partial charge in [-0.3, -0.25) is 4.79 Å². The Morgan fingerprint density at radius 1 is 1.31 bits per heavy atom. The van der Waals surface area contributed by atoms with Gasteiger partial charge < -0.3 is 14.2 Å². The summed E-state index contributed by atoms with van der Waals surface area (Å²) in [6, 6.07) is 8.16. The molecule has 1 saturated heterocycles. The van der Waals surface area contributed by atoms with Crippen LogP contribution >= 0.6 is 0 Å². The second-order valence-electron chi connectivity index (χ2n) is 6.89. The number of ether oxygens (including phenoxy) is 1. The summed E-state index contributed by atoms with van der Waals surface area (Å²) >= 11 is 0. The number of aryl methyl sites for hydroxylation is 1. The highest BCUT2D eigenvalue weighted by Gasteiger charge is 2.37. The molecule has 1 aromatic carbocycles.